The molecular weight excluding hydrogens is 248 g/mol. The molecule has 2 aromatic rings. The highest BCUT2D eigenvalue weighted by Gasteiger charge is 2.20. The van der Waals surface area contributed by atoms with Crippen molar-refractivity contribution in [3.8, 4) is 0 Å². The van der Waals surface area contributed by atoms with Gasteiger partial charge in [0, 0.05) is 12.7 Å². The molecule has 0 amide bonds. The second-order valence-corrected chi connectivity index (χ2v) is 4.69. The van der Waals surface area contributed by atoms with Crippen LogP contribution in [0.3, 0.4) is 0 Å². The molecule has 0 aliphatic heterocycles. The van der Waals surface area contributed by atoms with Gasteiger partial charge in [-0.3, -0.25) is 9.67 Å². The van der Waals surface area contributed by atoms with Gasteiger partial charge in [0.25, 0.3) is 0 Å². The third-order valence-corrected chi connectivity index (χ3v) is 3.20. The van der Waals surface area contributed by atoms with Gasteiger partial charge in [0.2, 0.25) is 0 Å². The largest absolute Gasteiger partial charge is 0.318 e. The van der Waals surface area contributed by atoms with E-state index in [1.54, 1.807) is 12.4 Å². The van der Waals surface area contributed by atoms with Crippen molar-refractivity contribution in [2.75, 3.05) is 0 Å². The van der Waals surface area contributed by atoms with Crippen molar-refractivity contribution in [2.24, 2.45) is 5.73 Å². The average molecular weight is 265 g/mol. The minimum atomic E-state index is -0.340. The van der Waals surface area contributed by atoms with E-state index in [1.165, 1.54) is 0 Å². The normalized spacial score (nSPS) is 12.7. The molecule has 1 unspecified atom stereocenters. The van der Waals surface area contributed by atoms with Gasteiger partial charge in [0.15, 0.2) is 0 Å². The lowest BCUT2D eigenvalue weighted by molar-refractivity contribution is 0.556. The fourth-order valence-corrected chi connectivity index (χ4v) is 2.28. The fourth-order valence-electron chi connectivity index (χ4n) is 2.02. The second-order valence-electron chi connectivity index (χ2n) is 4.28. The van der Waals surface area contributed by atoms with Gasteiger partial charge in [-0.1, -0.05) is 24.6 Å². The summed E-state index contributed by atoms with van der Waals surface area (Å²) in [5, 5.41) is 4.86. The number of hydrogen-bond acceptors (Lipinski definition) is 3. The second kappa shape index (κ2) is 5.50. The standard InChI is InChI=1S/C13H17ClN4/c1-3-7-18-13(10(14)8-17-18)11(15)12-9(2)5-4-6-16-12/h4-6,8,11H,3,7,15H2,1-2H3. The quantitative estimate of drug-likeness (QED) is 0.924. The van der Waals surface area contributed by atoms with Crippen molar-refractivity contribution in [1.82, 2.24) is 14.8 Å². The maximum absolute atomic E-state index is 6.29. The topological polar surface area (TPSA) is 56.7 Å². The highest BCUT2D eigenvalue weighted by molar-refractivity contribution is 6.31. The van der Waals surface area contributed by atoms with Crippen LogP contribution in [-0.4, -0.2) is 14.8 Å². The maximum Gasteiger partial charge on any atom is 0.0914 e. The number of hydrogen-bond donors (Lipinski definition) is 1. The Bertz CT molecular complexity index is 536. The third-order valence-electron chi connectivity index (χ3n) is 2.91. The summed E-state index contributed by atoms with van der Waals surface area (Å²) >= 11 is 6.19. The first kappa shape index (κ1) is 13.1. The zero-order valence-corrected chi connectivity index (χ0v) is 11.4. The summed E-state index contributed by atoms with van der Waals surface area (Å²) in [4.78, 5) is 4.35. The average Bonchev–Trinajstić information content (AvgIpc) is 2.71. The number of halogens is 1. The Labute approximate surface area is 112 Å². The summed E-state index contributed by atoms with van der Waals surface area (Å²) < 4.78 is 1.86. The molecule has 0 radical (unpaired) electrons. The molecule has 0 saturated heterocycles. The van der Waals surface area contributed by atoms with Crippen molar-refractivity contribution in [3.05, 3.63) is 46.5 Å². The number of aryl methyl sites for hydroxylation is 2. The Hall–Kier alpha value is -1.39. The SMILES string of the molecule is CCCn1ncc(Cl)c1C(N)c1ncccc1C. The Morgan fingerprint density at radius 2 is 2.28 bits per heavy atom. The molecule has 2 rings (SSSR count). The summed E-state index contributed by atoms with van der Waals surface area (Å²) in [5.41, 5.74) is 9.02. The molecule has 2 aromatic heterocycles. The van der Waals surface area contributed by atoms with Gasteiger partial charge in [-0.05, 0) is 25.0 Å². The molecule has 96 valence electrons. The third kappa shape index (κ3) is 2.40. The predicted molar refractivity (Wildman–Crippen MR) is 72.5 cm³/mol. The van der Waals surface area contributed by atoms with Crippen LogP contribution in [0.4, 0.5) is 0 Å². The molecule has 1 atom stereocenters. The van der Waals surface area contributed by atoms with Crippen LogP contribution in [0.2, 0.25) is 5.02 Å². The number of pyridine rings is 1. The molecule has 0 aromatic carbocycles. The van der Waals surface area contributed by atoms with E-state index in [0.717, 1.165) is 29.9 Å². The monoisotopic (exact) mass is 264 g/mol. The maximum atomic E-state index is 6.29. The van der Waals surface area contributed by atoms with Crippen molar-refractivity contribution in [3.63, 3.8) is 0 Å². The van der Waals surface area contributed by atoms with E-state index < -0.39 is 0 Å². The van der Waals surface area contributed by atoms with Gasteiger partial charge in [-0.2, -0.15) is 5.10 Å². The molecule has 18 heavy (non-hydrogen) atoms. The minimum absolute atomic E-state index is 0.340. The first-order valence-corrected chi connectivity index (χ1v) is 6.41. The number of nitrogens with two attached hydrogens (primary N) is 1. The van der Waals surface area contributed by atoms with Crippen molar-refractivity contribution >= 4 is 11.6 Å². The number of nitrogens with zero attached hydrogens (tertiary/aromatic N) is 3. The first-order valence-electron chi connectivity index (χ1n) is 6.03. The molecule has 2 heterocycles. The molecule has 0 spiro atoms. The van der Waals surface area contributed by atoms with Gasteiger partial charge in [-0.15, -0.1) is 0 Å². The Kier molecular flexibility index (Phi) is 3.99. The predicted octanol–water partition coefficient (Wildman–Crippen LogP) is 2.70. The van der Waals surface area contributed by atoms with Gasteiger partial charge < -0.3 is 5.73 Å². The first-order chi connectivity index (χ1) is 8.65. The van der Waals surface area contributed by atoms with Crippen molar-refractivity contribution < 1.29 is 0 Å². The molecule has 5 heteroatoms. The summed E-state index contributed by atoms with van der Waals surface area (Å²) in [5.74, 6) is 0. The van der Waals surface area contributed by atoms with Crippen LogP contribution in [0.25, 0.3) is 0 Å². The zero-order chi connectivity index (χ0) is 13.1. The van der Waals surface area contributed by atoms with E-state index >= 15 is 0 Å². The highest BCUT2D eigenvalue weighted by Crippen LogP contribution is 2.26. The lowest BCUT2D eigenvalue weighted by Gasteiger charge is -2.16. The summed E-state index contributed by atoms with van der Waals surface area (Å²) in [7, 11) is 0. The molecule has 0 saturated carbocycles. The van der Waals surface area contributed by atoms with E-state index in [4.69, 9.17) is 17.3 Å². The van der Waals surface area contributed by atoms with Crippen LogP contribution in [-0.2, 0) is 6.54 Å². The van der Waals surface area contributed by atoms with Gasteiger partial charge >= 0.3 is 0 Å². The number of aromatic nitrogens is 3. The van der Waals surface area contributed by atoms with E-state index in [1.807, 2.05) is 23.7 Å². The molecular formula is C13H17ClN4. The summed E-state index contributed by atoms with van der Waals surface area (Å²) in [6, 6.07) is 3.56. The van der Waals surface area contributed by atoms with E-state index in [9.17, 15) is 0 Å². The Balaban J connectivity index is 2.42. The molecule has 0 bridgehead atoms. The summed E-state index contributed by atoms with van der Waals surface area (Å²) in [6.07, 6.45) is 4.38. The molecule has 2 N–H and O–H groups in total. The molecule has 0 fully saturated rings. The molecule has 4 nitrogen and oxygen atoms in total. The molecule has 0 aliphatic carbocycles. The van der Waals surface area contributed by atoms with Crippen LogP contribution in [0.5, 0.6) is 0 Å². The van der Waals surface area contributed by atoms with E-state index in [0.29, 0.717) is 5.02 Å². The van der Waals surface area contributed by atoms with Crippen molar-refractivity contribution in [1.29, 1.82) is 0 Å². The van der Waals surface area contributed by atoms with Crippen LogP contribution in [0.15, 0.2) is 24.5 Å². The molecule has 0 aliphatic rings. The van der Waals surface area contributed by atoms with Crippen LogP contribution < -0.4 is 5.73 Å². The van der Waals surface area contributed by atoms with Gasteiger partial charge in [-0.25, -0.2) is 0 Å². The lowest BCUT2D eigenvalue weighted by atomic mass is 10.1. The van der Waals surface area contributed by atoms with Gasteiger partial charge in [0.05, 0.1) is 28.6 Å². The smallest absolute Gasteiger partial charge is 0.0914 e. The van der Waals surface area contributed by atoms with Crippen molar-refractivity contribution in [2.45, 2.75) is 32.9 Å². The van der Waals surface area contributed by atoms with Gasteiger partial charge in [0.1, 0.15) is 0 Å². The lowest BCUT2D eigenvalue weighted by Crippen LogP contribution is -2.20. The van der Waals surface area contributed by atoms with E-state index in [-0.39, 0.29) is 6.04 Å². The number of rotatable bonds is 4. The van der Waals surface area contributed by atoms with Crippen LogP contribution in [0.1, 0.15) is 36.3 Å². The van der Waals surface area contributed by atoms with Crippen LogP contribution in [0, 0.1) is 6.92 Å². The Morgan fingerprint density at radius 3 is 2.94 bits per heavy atom. The highest BCUT2D eigenvalue weighted by atomic mass is 35.5. The van der Waals surface area contributed by atoms with Crippen LogP contribution >= 0.6 is 11.6 Å². The fraction of sp³-hybridized carbons (Fsp3) is 0.385. The Morgan fingerprint density at radius 1 is 1.50 bits per heavy atom. The van der Waals surface area contributed by atoms with E-state index in [2.05, 4.69) is 17.0 Å². The summed E-state index contributed by atoms with van der Waals surface area (Å²) in [6.45, 7) is 4.90. The zero-order valence-electron chi connectivity index (χ0n) is 10.6. The minimum Gasteiger partial charge on any atom is -0.318 e.